The highest BCUT2D eigenvalue weighted by Crippen LogP contribution is 2.30. The van der Waals surface area contributed by atoms with Gasteiger partial charge in [-0.1, -0.05) is 90.1 Å². The van der Waals surface area contributed by atoms with Gasteiger partial charge in [-0.15, -0.1) is 0 Å². The number of imidazole rings is 1. The number of hydrogen-bond acceptors (Lipinski definition) is 2. The number of amides is 1. The molecule has 6 heteroatoms. The number of halogens is 1. The number of rotatable bonds is 9. The number of nitrogens with one attached hydrogen (secondary N) is 1. The Labute approximate surface area is 228 Å². The topological polar surface area (TPSA) is 37.9 Å². The summed E-state index contributed by atoms with van der Waals surface area (Å²) in [5.41, 5.74) is 5.12. The Morgan fingerprint density at radius 3 is 2.14 bits per heavy atom. The van der Waals surface area contributed by atoms with Gasteiger partial charge < -0.3 is 17.7 Å². The molecule has 1 N–H and O–H groups in total. The van der Waals surface area contributed by atoms with Crippen molar-refractivity contribution in [1.82, 2.24) is 9.88 Å². The lowest BCUT2D eigenvalue weighted by Crippen LogP contribution is -3.00. The van der Waals surface area contributed by atoms with Gasteiger partial charge in [0.15, 0.2) is 6.04 Å². The van der Waals surface area contributed by atoms with E-state index < -0.39 is 0 Å². The molecule has 2 aromatic carbocycles. The zero-order valence-electron chi connectivity index (χ0n) is 22.8. The molecule has 196 valence electrons. The Morgan fingerprint density at radius 1 is 0.972 bits per heavy atom. The first kappa shape index (κ1) is 30.0. The van der Waals surface area contributed by atoms with Crippen molar-refractivity contribution in [2.45, 2.75) is 77.9 Å². The molecule has 1 heterocycles. The van der Waals surface area contributed by atoms with Crippen LogP contribution in [0.5, 0.6) is 0 Å². The van der Waals surface area contributed by atoms with E-state index in [1.54, 1.807) is 11.8 Å². The molecule has 0 spiro atoms. The smallest absolute Gasteiger partial charge is 0.265 e. The van der Waals surface area contributed by atoms with Crippen LogP contribution in [0.4, 0.5) is 0 Å². The first-order valence-corrected chi connectivity index (χ1v) is 13.9. The van der Waals surface area contributed by atoms with Gasteiger partial charge in [0.05, 0.1) is 0 Å². The van der Waals surface area contributed by atoms with Crippen LogP contribution in [0.1, 0.15) is 76.3 Å². The Hall–Kier alpha value is -2.24. The van der Waals surface area contributed by atoms with Crippen LogP contribution in [0.15, 0.2) is 67.3 Å². The summed E-state index contributed by atoms with van der Waals surface area (Å²) in [6.07, 6.45) is 9.00. The lowest BCUT2D eigenvalue weighted by molar-refractivity contribution is -0.687. The normalized spacial score (nSPS) is 12.6. The molecule has 0 aliphatic rings. The Bertz CT molecular complexity index is 1080. The largest absolute Gasteiger partial charge is 1.00 e. The Balaban J connectivity index is 0.00000456. The molecule has 0 saturated heterocycles. The quantitative estimate of drug-likeness (QED) is 0.434. The maximum absolute atomic E-state index is 13.4. The summed E-state index contributed by atoms with van der Waals surface area (Å²) in [6, 6.07) is 17.0. The van der Waals surface area contributed by atoms with Gasteiger partial charge >= 0.3 is 0 Å². The number of aromatic nitrogens is 2. The van der Waals surface area contributed by atoms with E-state index in [0.717, 1.165) is 24.3 Å². The van der Waals surface area contributed by atoms with Gasteiger partial charge in [0.2, 0.25) is 6.33 Å². The summed E-state index contributed by atoms with van der Waals surface area (Å²) in [5.74, 6) is 1.00. The fraction of sp³-hybridized carbons (Fsp3) is 0.467. The number of carbonyl (C=O) groups is 1. The predicted octanol–water partition coefficient (Wildman–Crippen LogP) is 3.03. The van der Waals surface area contributed by atoms with Crippen molar-refractivity contribution < 1.29 is 21.8 Å². The molecule has 1 aromatic heterocycles. The average Bonchev–Trinajstić information content (AvgIpc) is 3.25. The van der Waals surface area contributed by atoms with Crippen LogP contribution < -0.4 is 22.3 Å². The molecule has 3 rings (SSSR count). The van der Waals surface area contributed by atoms with E-state index in [0.29, 0.717) is 6.54 Å². The van der Waals surface area contributed by atoms with Crippen LogP contribution in [-0.2, 0) is 28.7 Å². The van der Waals surface area contributed by atoms with Gasteiger partial charge in [0, 0.05) is 13.0 Å². The maximum atomic E-state index is 13.4. The third-order valence-electron chi connectivity index (χ3n) is 6.37. The number of thioether (sulfide) groups is 1. The highest BCUT2D eigenvalue weighted by atomic mass is 35.5. The third kappa shape index (κ3) is 8.41. The molecular weight excluding hydrogens is 486 g/mol. The summed E-state index contributed by atoms with van der Waals surface area (Å²) >= 11 is 1.78. The number of carbonyl (C=O) groups excluding carboxylic acids is 1. The summed E-state index contributed by atoms with van der Waals surface area (Å²) in [6.45, 7) is 14.8. The van der Waals surface area contributed by atoms with Crippen molar-refractivity contribution in [3.05, 3.63) is 89.5 Å². The molecule has 0 fully saturated rings. The molecule has 0 radical (unpaired) electrons. The van der Waals surface area contributed by atoms with Crippen LogP contribution in [-0.4, -0.2) is 22.5 Å². The molecule has 0 aliphatic carbocycles. The van der Waals surface area contributed by atoms with E-state index in [-0.39, 0.29) is 35.2 Å². The predicted molar refractivity (Wildman–Crippen MR) is 148 cm³/mol. The third-order valence-corrected chi connectivity index (χ3v) is 7.01. The highest BCUT2D eigenvalue weighted by Gasteiger charge is 2.26. The second-order valence-corrected chi connectivity index (χ2v) is 12.4. The zero-order chi connectivity index (χ0) is 25.6. The Morgan fingerprint density at radius 2 is 1.58 bits per heavy atom. The van der Waals surface area contributed by atoms with Crippen LogP contribution >= 0.6 is 11.8 Å². The highest BCUT2D eigenvalue weighted by molar-refractivity contribution is 7.98. The monoisotopic (exact) mass is 527 g/mol. The fourth-order valence-electron chi connectivity index (χ4n) is 4.10. The number of hydrogen-bond donors (Lipinski definition) is 1. The summed E-state index contributed by atoms with van der Waals surface area (Å²) in [5, 5.41) is 3.24. The van der Waals surface area contributed by atoms with Gasteiger partial charge in [0.1, 0.15) is 18.9 Å². The van der Waals surface area contributed by atoms with Crippen molar-refractivity contribution in [3.8, 4) is 0 Å². The maximum Gasteiger partial charge on any atom is 0.265 e. The van der Waals surface area contributed by atoms with Crippen molar-refractivity contribution in [1.29, 1.82) is 0 Å². The van der Waals surface area contributed by atoms with E-state index in [1.165, 1.54) is 16.7 Å². The molecule has 36 heavy (non-hydrogen) atoms. The first-order valence-electron chi connectivity index (χ1n) is 12.5. The molecule has 4 nitrogen and oxygen atoms in total. The van der Waals surface area contributed by atoms with Gasteiger partial charge in [-0.2, -0.15) is 11.8 Å². The molecule has 0 aliphatic heterocycles. The van der Waals surface area contributed by atoms with Gasteiger partial charge in [-0.25, -0.2) is 9.13 Å². The molecule has 1 amide bonds. The number of nitrogens with zero attached hydrogens (tertiary/aromatic N) is 2. The van der Waals surface area contributed by atoms with E-state index >= 15 is 0 Å². The van der Waals surface area contributed by atoms with Crippen molar-refractivity contribution in [3.63, 3.8) is 0 Å². The molecule has 0 unspecified atom stereocenters. The van der Waals surface area contributed by atoms with Gasteiger partial charge in [-0.3, -0.25) is 4.79 Å². The lowest BCUT2D eigenvalue weighted by atomic mass is 9.79. The van der Waals surface area contributed by atoms with Gasteiger partial charge in [-0.05, 0) is 45.1 Å². The van der Waals surface area contributed by atoms with Crippen LogP contribution in [0, 0.1) is 0 Å². The standard InChI is InChI=1S/C30H41N3OS.ClH/c1-29(2,3)25-17-24(18-26(19-25)30(4,5)6)20-31-28(34)27(13-16-35-7)33-15-14-32(22-33)21-23-11-9-8-10-12-23;/h8-12,14-15,17-19,22,27H,13,16,20-21H2,1-7H3;1H/t27-;/m0./s1. The molecule has 0 bridgehead atoms. The first-order chi connectivity index (χ1) is 16.5. The lowest BCUT2D eigenvalue weighted by Gasteiger charge is -2.26. The number of benzene rings is 2. The van der Waals surface area contributed by atoms with Gasteiger partial charge in [0.25, 0.3) is 5.91 Å². The van der Waals surface area contributed by atoms with Crippen molar-refractivity contribution in [2.75, 3.05) is 12.0 Å². The molecule has 1 atom stereocenters. The summed E-state index contributed by atoms with van der Waals surface area (Å²) in [7, 11) is 0. The molecular formula is C30H42ClN3OS. The minimum Gasteiger partial charge on any atom is -1.00 e. The van der Waals surface area contributed by atoms with E-state index in [4.69, 9.17) is 0 Å². The van der Waals surface area contributed by atoms with Crippen LogP contribution in [0.2, 0.25) is 0 Å². The van der Waals surface area contributed by atoms with Crippen LogP contribution in [0.25, 0.3) is 0 Å². The van der Waals surface area contributed by atoms with E-state index in [1.807, 2.05) is 12.3 Å². The summed E-state index contributed by atoms with van der Waals surface area (Å²) < 4.78 is 4.19. The fourth-order valence-corrected chi connectivity index (χ4v) is 4.55. The van der Waals surface area contributed by atoms with Crippen LogP contribution in [0.3, 0.4) is 0 Å². The minimum absolute atomic E-state index is 0. The summed E-state index contributed by atoms with van der Waals surface area (Å²) in [4.78, 5) is 13.4. The zero-order valence-corrected chi connectivity index (χ0v) is 24.4. The Kier molecular flexibility index (Phi) is 10.7. The second kappa shape index (κ2) is 12.8. The SMILES string of the molecule is CSCC[C@@H](C(=O)NCc1cc(C(C)(C)C)cc(C(C)(C)C)c1)n1cc[n+](Cc2ccccc2)c1.[Cl-]. The molecule has 3 aromatic rings. The minimum atomic E-state index is -0.229. The van der Waals surface area contributed by atoms with Crippen molar-refractivity contribution in [2.24, 2.45) is 0 Å². The van der Waals surface area contributed by atoms with Crippen molar-refractivity contribution >= 4 is 17.7 Å². The second-order valence-electron chi connectivity index (χ2n) is 11.5. The van der Waals surface area contributed by atoms with E-state index in [2.05, 4.69) is 117 Å². The van der Waals surface area contributed by atoms with E-state index in [9.17, 15) is 4.79 Å². The molecule has 0 saturated carbocycles. The average molecular weight is 528 g/mol.